The summed E-state index contributed by atoms with van der Waals surface area (Å²) < 4.78 is 7.35. The molecular weight excluding hydrogens is 372 g/mol. The van der Waals surface area contributed by atoms with Gasteiger partial charge in [0.2, 0.25) is 5.91 Å². The zero-order valence-electron chi connectivity index (χ0n) is 16.1. The van der Waals surface area contributed by atoms with Gasteiger partial charge in [-0.1, -0.05) is 6.07 Å². The van der Waals surface area contributed by atoms with Gasteiger partial charge in [0, 0.05) is 10.4 Å². The number of carbonyl (C=O) groups is 1. The molecule has 4 aliphatic carbocycles. The molecule has 1 amide bonds. The van der Waals surface area contributed by atoms with Gasteiger partial charge in [-0.15, -0.1) is 11.8 Å². The number of hydrogen-bond acceptors (Lipinski definition) is 5. The van der Waals surface area contributed by atoms with Crippen LogP contribution in [0.3, 0.4) is 0 Å². The standard InChI is InChI=1S/C21H26N4O2S/c1-27-17-3-2-4-18(6-17)28-11-19(26)24-20-7-15-5-16(8-20)10-21(9-15,12-20)25-14-22-13-23-25/h2-4,6,13-16H,5,7-12H2,1H3,(H,24,26). The van der Waals surface area contributed by atoms with Crippen molar-refractivity contribution in [3.05, 3.63) is 36.9 Å². The Hall–Kier alpha value is -2.02. The SMILES string of the molecule is COc1cccc(SCC(=O)NC23CC4CC(C2)CC(n2cncn2)(C4)C3)c1. The molecule has 0 spiro atoms. The number of thioether (sulfide) groups is 1. The second kappa shape index (κ2) is 6.79. The molecule has 6 rings (SSSR count). The molecule has 6 nitrogen and oxygen atoms in total. The topological polar surface area (TPSA) is 69.0 Å². The number of rotatable bonds is 6. The summed E-state index contributed by atoms with van der Waals surface area (Å²) in [6.45, 7) is 0. The fourth-order valence-electron chi connectivity index (χ4n) is 6.25. The van der Waals surface area contributed by atoms with Crippen LogP contribution in [0.5, 0.6) is 5.75 Å². The van der Waals surface area contributed by atoms with Crippen LogP contribution in [0.2, 0.25) is 0 Å². The maximum absolute atomic E-state index is 12.8. The largest absolute Gasteiger partial charge is 0.497 e. The van der Waals surface area contributed by atoms with E-state index in [-0.39, 0.29) is 17.0 Å². The van der Waals surface area contributed by atoms with Crippen LogP contribution >= 0.6 is 11.8 Å². The van der Waals surface area contributed by atoms with Crippen LogP contribution in [-0.4, -0.2) is 39.1 Å². The lowest BCUT2D eigenvalue weighted by atomic mass is 9.50. The third kappa shape index (κ3) is 3.19. The van der Waals surface area contributed by atoms with Gasteiger partial charge in [0.05, 0.1) is 18.4 Å². The van der Waals surface area contributed by atoms with E-state index in [4.69, 9.17) is 4.74 Å². The van der Waals surface area contributed by atoms with E-state index in [0.717, 1.165) is 29.9 Å². The molecular formula is C21H26N4O2S. The number of carbonyl (C=O) groups excluding carboxylic acids is 1. The van der Waals surface area contributed by atoms with Crippen molar-refractivity contribution < 1.29 is 9.53 Å². The van der Waals surface area contributed by atoms with E-state index < -0.39 is 0 Å². The summed E-state index contributed by atoms with van der Waals surface area (Å²) >= 11 is 1.56. The maximum atomic E-state index is 12.8. The van der Waals surface area contributed by atoms with Gasteiger partial charge in [-0.3, -0.25) is 4.79 Å². The molecule has 2 unspecified atom stereocenters. The number of nitrogens with one attached hydrogen (secondary N) is 1. The quantitative estimate of drug-likeness (QED) is 0.757. The van der Waals surface area contributed by atoms with E-state index >= 15 is 0 Å². The predicted molar refractivity (Wildman–Crippen MR) is 107 cm³/mol. The molecule has 0 saturated heterocycles. The van der Waals surface area contributed by atoms with Crippen LogP contribution in [0, 0.1) is 11.8 Å². The Balaban J connectivity index is 1.29. The van der Waals surface area contributed by atoms with Crippen molar-refractivity contribution in [2.75, 3.05) is 12.9 Å². The second-order valence-electron chi connectivity index (χ2n) is 8.82. The van der Waals surface area contributed by atoms with Crippen molar-refractivity contribution >= 4 is 17.7 Å². The molecule has 2 aromatic rings. The third-order valence-corrected chi connectivity index (χ3v) is 7.74. The Labute approximate surface area is 169 Å². The van der Waals surface area contributed by atoms with Gasteiger partial charge < -0.3 is 10.1 Å². The van der Waals surface area contributed by atoms with Gasteiger partial charge in [0.25, 0.3) is 0 Å². The molecule has 7 heteroatoms. The zero-order chi connectivity index (χ0) is 19.2. The Morgan fingerprint density at radius 1 is 1.32 bits per heavy atom. The first-order valence-corrected chi connectivity index (χ1v) is 11.0. The number of ether oxygens (including phenoxy) is 1. The minimum Gasteiger partial charge on any atom is -0.497 e. The van der Waals surface area contributed by atoms with E-state index in [1.165, 1.54) is 19.3 Å². The summed E-state index contributed by atoms with van der Waals surface area (Å²) in [5, 5.41) is 7.94. The lowest BCUT2D eigenvalue weighted by molar-refractivity contribution is -0.128. The summed E-state index contributed by atoms with van der Waals surface area (Å²) in [5.41, 5.74) is -0.0458. The smallest absolute Gasteiger partial charge is 0.230 e. The highest BCUT2D eigenvalue weighted by atomic mass is 32.2. The van der Waals surface area contributed by atoms with Gasteiger partial charge in [0.1, 0.15) is 18.4 Å². The number of amides is 1. The van der Waals surface area contributed by atoms with Gasteiger partial charge in [-0.2, -0.15) is 5.10 Å². The number of methoxy groups -OCH3 is 1. The Kier molecular flexibility index (Phi) is 4.38. The molecule has 1 heterocycles. The summed E-state index contributed by atoms with van der Waals surface area (Å²) in [4.78, 5) is 18.1. The van der Waals surface area contributed by atoms with Crippen molar-refractivity contribution in [2.24, 2.45) is 11.8 Å². The average Bonchev–Trinajstić information content (AvgIpc) is 3.21. The molecule has 1 N–H and O–H groups in total. The van der Waals surface area contributed by atoms with Gasteiger partial charge >= 0.3 is 0 Å². The third-order valence-electron chi connectivity index (χ3n) is 6.75. The normalized spacial score (nSPS) is 33.0. The number of benzene rings is 1. The van der Waals surface area contributed by atoms with E-state index in [2.05, 4.69) is 20.1 Å². The van der Waals surface area contributed by atoms with Crippen LogP contribution < -0.4 is 10.1 Å². The van der Waals surface area contributed by atoms with Crippen molar-refractivity contribution in [1.29, 1.82) is 0 Å². The number of hydrogen-bond donors (Lipinski definition) is 1. The summed E-state index contributed by atoms with van der Waals surface area (Å²) in [7, 11) is 1.66. The van der Waals surface area contributed by atoms with Crippen LogP contribution in [-0.2, 0) is 10.3 Å². The molecule has 1 aromatic carbocycles. The van der Waals surface area contributed by atoms with Crippen LogP contribution in [0.4, 0.5) is 0 Å². The molecule has 28 heavy (non-hydrogen) atoms. The van der Waals surface area contributed by atoms with E-state index in [0.29, 0.717) is 17.6 Å². The lowest BCUT2D eigenvalue weighted by Crippen LogP contribution is -2.66. The first kappa shape index (κ1) is 18.0. The minimum absolute atomic E-state index is 0.0355. The fraction of sp³-hybridized carbons (Fsp3) is 0.571. The van der Waals surface area contributed by atoms with E-state index in [1.807, 2.05) is 30.6 Å². The Bertz CT molecular complexity index is 855. The monoisotopic (exact) mass is 398 g/mol. The van der Waals surface area contributed by atoms with Crippen molar-refractivity contribution in [3.63, 3.8) is 0 Å². The van der Waals surface area contributed by atoms with E-state index in [9.17, 15) is 4.79 Å². The molecule has 2 atom stereocenters. The molecule has 1 aromatic heterocycles. The Morgan fingerprint density at radius 3 is 2.86 bits per heavy atom. The number of aromatic nitrogens is 3. The predicted octanol–water partition coefficient (Wildman–Crippen LogP) is 3.24. The second-order valence-corrected chi connectivity index (χ2v) is 9.87. The molecule has 0 aliphatic heterocycles. The van der Waals surface area contributed by atoms with Gasteiger partial charge in [0.15, 0.2) is 0 Å². The minimum atomic E-state index is -0.0813. The molecule has 4 saturated carbocycles. The maximum Gasteiger partial charge on any atom is 0.230 e. The molecule has 4 aliphatic rings. The summed E-state index contributed by atoms with van der Waals surface area (Å²) in [6, 6.07) is 7.87. The number of nitrogens with zero attached hydrogens (tertiary/aromatic N) is 3. The molecule has 4 bridgehead atoms. The molecule has 0 radical (unpaired) electrons. The Morgan fingerprint density at radius 2 is 2.14 bits per heavy atom. The van der Waals surface area contributed by atoms with Crippen molar-refractivity contribution in [1.82, 2.24) is 20.1 Å². The van der Waals surface area contributed by atoms with Gasteiger partial charge in [-0.25, -0.2) is 9.67 Å². The van der Waals surface area contributed by atoms with Gasteiger partial charge in [-0.05, 0) is 68.6 Å². The van der Waals surface area contributed by atoms with Crippen LogP contribution in [0.1, 0.15) is 38.5 Å². The average molecular weight is 399 g/mol. The molecule has 148 valence electrons. The van der Waals surface area contributed by atoms with E-state index in [1.54, 1.807) is 25.2 Å². The zero-order valence-corrected chi connectivity index (χ0v) is 17.0. The highest BCUT2D eigenvalue weighted by Gasteiger charge is 2.59. The highest BCUT2D eigenvalue weighted by molar-refractivity contribution is 8.00. The summed E-state index contributed by atoms with van der Waals surface area (Å²) in [6.07, 6.45) is 10.3. The first-order chi connectivity index (χ1) is 13.6. The first-order valence-electron chi connectivity index (χ1n) is 10.0. The van der Waals surface area contributed by atoms with Crippen LogP contribution in [0.25, 0.3) is 0 Å². The molecule has 4 fully saturated rings. The fourth-order valence-corrected chi connectivity index (χ4v) is 7.00. The van der Waals surface area contributed by atoms with Crippen LogP contribution in [0.15, 0.2) is 41.8 Å². The summed E-state index contributed by atoms with van der Waals surface area (Å²) in [5.74, 6) is 2.74. The lowest BCUT2D eigenvalue weighted by Gasteiger charge is -2.61. The highest BCUT2D eigenvalue weighted by Crippen LogP contribution is 2.60. The van der Waals surface area contributed by atoms with Crippen molar-refractivity contribution in [3.8, 4) is 5.75 Å². The van der Waals surface area contributed by atoms with Crippen molar-refractivity contribution in [2.45, 2.75) is 54.5 Å².